The minimum Gasteiger partial charge on any atom is -0.337 e. The summed E-state index contributed by atoms with van der Waals surface area (Å²) in [7, 11) is 0. The van der Waals surface area contributed by atoms with Crippen LogP contribution in [0.2, 0.25) is 0 Å². The second-order valence-electron chi connectivity index (χ2n) is 4.27. The topological polar surface area (TPSA) is 32.3 Å². The number of hydrogen-bond acceptors (Lipinski definition) is 3. The maximum atomic E-state index is 12.0. The Kier molecular flexibility index (Phi) is 3.96. The standard InChI is InChI=1S/C12H18N2OS/c1-10-8-13-5-6-14(10)12(15)3-2-11-4-7-16-9-11/h4,7,9-10,13H,2-3,5-6,8H2,1H3/t10-/m1/s1. The first-order valence-electron chi connectivity index (χ1n) is 5.78. The number of thiophene rings is 1. The lowest BCUT2D eigenvalue weighted by Gasteiger charge is -2.34. The fraction of sp³-hybridized carbons (Fsp3) is 0.583. The number of rotatable bonds is 3. The molecule has 4 heteroatoms. The Balaban J connectivity index is 1.83. The zero-order valence-corrected chi connectivity index (χ0v) is 10.4. The summed E-state index contributed by atoms with van der Waals surface area (Å²) in [6.45, 7) is 4.80. The van der Waals surface area contributed by atoms with Gasteiger partial charge in [0.15, 0.2) is 0 Å². The molecule has 0 radical (unpaired) electrons. The van der Waals surface area contributed by atoms with Gasteiger partial charge in [0, 0.05) is 32.1 Å². The molecule has 2 rings (SSSR count). The molecule has 1 aromatic heterocycles. The van der Waals surface area contributed by atoms with Crippen LogP contribution in [0.15, 0.2) is 16.8 Å². The molecule has 2 heterocycles. The van der Waals surface area contributed by atoms with Crippen molar-refractivity contribution < 1.29 is 4.79 Å². The van der Waals surface area contributed by atoms with Gasteiger partial charge in [-0.25, -0.2) is 0 Å². The van der Waals surface area contributed by atoms with Gasteiger partial charge < -0.3 is 10.2 Å². The van der Waals surface area contributed by atoms with E-state index in [0.29, 0.717) is 18.4 Å². The van der Waals surface area contributed by atoms with E-state index in [-0.39, 0.29) is 0 Å². The zero-order chi connectivity index (χ0) is 11.4. The van der Waals surface area contributed by atoms with Crippen molar-refractivity contribution in [1.82, 2.24) is 10.2 Å². The lowest BCUT2D eigenvalue weighted by Crippen LogP contribution is -2.52. The maximum absolute atomic E-state index is 12.0. The van der Waals surface area contributed by atoms with E-state index in [4.69, 9.17) is 0 Å². The lowest BCUT2D eigenvalue weighted by atomic mass is 10.1. The highest BCUT2D eigenvalue weighted by atomic mass is 32.1. The third-order valence-corrected chi connectivity index (χ3v) is 3.76. The van der Waals surface area contributed by atoms with E-state index < -0.39 is 0 Å². The minimum absolute atomic E-state index is 0.292. The van der Waals surface area contributed by atoms with Crippen LogP contribution in [0.5, 0.6) is 0 Å². The molecule has 1 fully saturated rings. The molecule has 0 saturated carbocycles. The Bertz CT molecular complexity index is 337. The first-order valence-corrected chi connectivity index (χ1v) is 6.73. The molecule has 16 heavy (non-hydrogen) atoms. The Morgan fingerprint density at radius 2 is 2.56 bits per heavy atom. The average Bonchev–Trinajstić information content (AvgIpc) is 2.79. The Morgan fingerprint density at radius 3 is 3.25 bits per heavy atom. The number of nitrogens with zero attached hydrogens (tertiary/aromatic N) is 1. The number of aryl methyl sites for hydroxylation is 1. The van der Waals surface area contributed by atoms with Crippen molar-refractivity contribution in [3.8, 4) is 0 Å². The van der Waals surface area contributed by atoms with E-state index in [1.807, 2.05) is 4.90 Å². The molecule has 1 aliphatic heterocycles. The molecular formula is C12H18N2OS. The van der Waals surface area contributed by atoms with Gasteiger partial charge in [-0.3, -0.25) is 4.79 Å². The van der Waals surface area contributed by atoms with Crippen LogP contribution in [0.3, 0.4) is 0 Å². The predicted octanol–water partition coefficient (Wildman–Crippen LogP) is 1.50. The van der Waals surface area contributed by atoms with Crippen molar-refractivity contribution in [2.75, 3.05) is 19.6 Å². The molecule has 1 aliphatic rings. The number of piperazine rings is 1. The monoisotopic (exact) mass is 238 g/mol. The van der Waals surface area contributed by atoms with Crippen molar-refractivity contribution in [3.05, 3.63) is 22.4 Å². The van der Waals surface area contributed by atoms with Gasteiger partial charge in [-0.2, -0.15) is 11.3 Å². The molecule has 1 N–H and O–H groups in total. The molecule has 0 spiro atoms. The first-order chi connectivity index (χ1) is 7.77. The van der Waals surface area contributed by atoms with E-state index in [1.54, 1.807) is 11.3 Å². The van der Waals surface area contributed by atoms with Gasteiger partial charge in [0.25, 0.3) is 0 Å². The van der Waals surface area contributed by atoms with E-state index in [2.05, 4.69) is 29.1 Å². The molecule has 3 nitrogen and oxygen atoms in total. The summed E-state index contributed by atoms with van der Waals surface area (Å²) in [5, 5.41) is 7.48. The van der Waals surface area contributed by atoms with Crippen molar-refractivity contribution in [3.63, 3.8) is 0 Å². The summed E-state index contributed by atoms with van der Waals surface area (Å²) in [6, 6.07) is 2.43. The molecule has 1 amide bonds. The number of carbonyl (C=O) groups excluding carboxylic acids is 1. The average molecular weight is 238 g/mol. The molecule has 0 bridgehead atoms. The first kappa shape index (κ1) is 11.6. The molecule has 0 aromatic carbocycles. The molecular weight excluding hydrogens is 220 g/mol. The summed E-state index contributed by atoms with van der Waals surface area (Å²) in [5.41, 5.74) is 1.28. The van der Waals surface area contributed by atoms with Crippen LogP contribution >= 0.6 is 11.3 Å². The van der Waals surface area contributed by atoms with E-state index in [0.717, 1.165) is 26.1 Å². The molecule has 0 unspecified atom stereocenters. The Labute approximate surface area is 100 Å². The molecule has 88 valence electrons. The van der Waals surface area contributed by atoms with Crippen LogP contribution in [-0.2, 0) is 11.2 Å². The Hall–Kier alpha value is -0.870. The molecule has 1 aromatic rings. The van der Waals surface area contributed by atoms with Gasteiger partial charge in [-0.05, 0) is 35.7 Å². The van der Waals surface area contributed by atoms with Gasteiger partial charge in [0.2, 0.25) is 5.91 Å². The number of nitrogens with one attached hydrogen (secondary N) is 1. The summed E-state index contributed by atoms with van der Waals surface area (Å²) >= 11 is 1.69. The highest BCUT2D eigenvalue weighted by Gasteiger charge is 2.22. The SMILES string of the molecule is C[C@@H]1CNCCN1C(=O)CCc1ccsc1. The minimum atomic E-state index is 0.292. The second kappa shape index (κ2) is 5.46. The van der Waals surface area contributed by atoms with Gasteiger partial charge in [0.1, 0.15) is 0 Å². The fourth-order valence-electron chi connectivity index (χ4n) is 2.04. The van der Waals surface area contributed by atoms with Crippen LogP contribution in [0.1, 0.15) is 18.9 Å². The van der Waals surface area contributed by atoms with Crippen molar-refractivity contribution in [2.45, 2.75) is 25.8 Å². The predicted molar refractivity (Wildman–Crippen MR) is 66.7 cm³/mol. The molecule has 1 saturated heterocycles. The van der Waals surface area contributed by atoms with Gasteiger partial charge in [0.05, 0.1) is 0 Å². The van der Waals surface area contributed by atoms with Crippen LogP contribution in [0.25, 0.3) is 0 Å². The van der Waals surface area contributed by atoms with Crippen molar-refractivity contribution in [2.24, 2.45) is 0 Å². The van der Waals surface area contributed by atoms with Crippen LogP contribution in [0, 0.1) is 0 Å². The second-order valence-corrected chi connectivity index (χ2v) is 5.05. The highest BCUT2D eigenvalue weighted by Crippen LogP contribution is 2.11. The quantitative estimate of drug-likeness (QED) is 0.865. The van der Waals surface area contributed by atoms with Gasteiger partial charge in [-0.1, -0.05) is 0 Å². The smallest absolute Gasteiger partial charge is 0.223 e. The largest absolute Gasteiger partial charge is 0.337 e. The van der Waals surface area contributed by atoms with Gasteiger partial charge in [-0.15, -0.1) is 0 Å². The maximum Gasteiger partial charge on any atom is 0.223 e. The van der Waals surface area contributed by atoms with Crippen LogP contribution in [-0.4, -0.2) is 36.5 Å². The molecule has 0 aliphatic carbocycles. The third kappa shape index (κ3) is 2.83. The number of amides is 1. The Morgan fingerprint density at radius 1 is 1.69 bits per heavy atom. The fourth-order valence-corrected chi connectivity index (χ4v) is 2.74. The van der Waals surface area contributed by atoms with Crippen LogP contribution in [0.4, 0.5) is 0 Å². The lowest BCUT2D eigenvalue weighted by molar-refractivity contribution is -0.133. The summed E-state index contributed by atoms with van der Waals surface area (Å²) in [5.74, 6) is 0.292. The molecule has 1 atom stereocenters. The van der Waals surface area contributed by atoms with E-state index in [9.17, 15) is 4.79 Å². The normalized spacial score (nSPS) is 21.1. The third-order valence-electron chi connectivity index (χ3n) is 3.03. The van der Waals surface area contributed by atoms with E-state index in [1.165, 1.54) is 5.56 Å². The number of carbonyl (C=O) groups is 1. The number of hydrogen-bond donors (Lipinski definition) is 1. The van der Waals surface area contributed by atoms with Gasteiger partial charge >= 0.3 is 0 Å². The van der Waals surface area contributed by atoms with Crippen molar-refractivity contribution in [1.29, 1.82) is 0 Å². The van der Waals surface area contributed by atoms with Crippen LogP contribution < -0.4 is 5.32 Å². The van der Waals surface area contributed by atoms with Crippen molar-refractivity contribution >= 4 is 17.2 Å². The zero-order valence-electron chi connectivity index (χ0n) is 9.61. The highest BCUT2D eigenvalue weighted by molar-refractivity contribution is 7.07. The van der Waals surface area contributed by atoms with E-state index >= 15 is 0 Å². The summed E-state index contributed by atoms with van der Waals surface area (Å²) in [4.78, 5) is 14.0. The summed E-state index contributed by atoms with van der Waals surface area (Å²) in [6.07, 6.45) is 1.51. The summed E-state index contributed by atoms with van der Waals surface area (Å²) < 4.78 is 0.